The number of carbonyl (C=O) groups is 2. The van der Waals surface area contributed by atoms with E-state index >= 15 is 0 Å². The Balaban J connectivity index is 2.87. The van der Waals surface area contributed by atoms with Crippen LogP contribution >= 0.6 is 22.6 Å². The van der Waals surface area contributed by atoms with Crippen LogP contribution in [-0.4, -0.2) is 21.3 Å². The molecule has 0 unspecified atom stereocenters. The molecule has 1 aliphatic heterocycles. The number of amides is 2. The fraction of sp³-hybridized carbons (Fsp3) is 0.333. The first kappa shape index (κ1) is 7.71. The van der Waals surface area contributed by atoms with Gasteiger partial charge in [-0.05, 0) is 6.92 Å². The standard InChI is InChI=1S/C6H6INO2/c1-4-2-5(9)8(3-7)6(4)10/h2H,3H2,1H3/i7-2. The normalized spacial score (nSPS) is 18.2. The van der Waals surface area contributed by atoms with Crippen LogP contribution in [0.3, 0.4) is 0 Å². The number of carbonyl (C=O) groups excluding carboxylic acids is 2. The molecule has 0 aromatic heterocycles. The molecule has 0 aromatic carbocycles. The molecule has 1 heterocycles. The monoisotopic (exact) mass is 249 g/mol. The van der Waals surface area contributed by atoms with Gasteiger partial charge >= 0.3 is 0 Å². The minimum Gasteiger partial charge on any atom is -0.269 e. The SMILES string of the molecule is CC1=CC(=O)N(C[125I])C1=O. The summed E-state index contributed by atoms with van der Waals surface area (Å²) < 4.78 is 0.434. The number of nitrogens with zero attached hydrogens (tertiary/aromatic N) is 1. The van der Waals surface area contributed by atoms with E-state index in [1.165, 1.54) is 11.0 Å². The number of alkyl halides is 1. The van der Waals surface area contributed by atoms with Crippen molar-refractivity contribution in [3.63, 3.8) is 0 Å². The minimum absolute atomic E-state index is 0.167. The van der Waals surface area contributed by atoms with E-state index in [0.717, 1.165) is 0 Å². The van der Waals surface area contributed by atoms with Gasteiger partial charge in [0, 0.05) is 11.6 Å². The number of imide groups is 1. The van der Waals surface area contributed by atoms with Crippen molar-refractivity contribution in [2.24, 2.45) is 0 Å². The Morgan fingerprint density at radius 2 is 2.20 bits per heavy atom. The molecule has 0 N–H and O–H groups in total. The van der Waals surface area contributed by atoms with Gasteiger partial charge in [0.15, 0.2) is 0 Å². The van der Waals surface area contributed by atoms with Crippen LogP contribution in [0.25, 0.3) is 0 Å². The topological polar surface area (TPSA) is 37.4 Å². The molecule has 0 aromatic rings. The quantitative estimate of drug-likeness (QED) is 0.297. The van der Waals surface area contributed by atoms with E-state index in [1.807, 2.05) is 22.6 Å². The zero-order valence-corrected chi connectivity index (χ0v) is 7.58. The third-order valence-corrected chi connectivity index (χ3v) is 1.99. The minimum atomic E-state index is -0.197. The molecular formula is C6H6INO2. The molecule has 0 atom stereocenters. The third kappa shape index (κ3) is 1.07. The summed E-state index contributed by atoms with van der Waals surface area (Å²) in [4.78, 5) is 23.0. The Kier molecular flexibility index (Phi) is 2.08. The predicted molar refractivity (Wildman–Crippen MR) is 44.5 cm³/mol. The van der Waals surface area contributed by atoms with Crippen LogP contribution in [0.2, 0.25) is 0 Å². The smallest absolute Gasteiger partial charge is 0.257 e. The highest BCUT2D eigenvalue weighted by Crippen LogP contribution is 2.12. The van der Waals surface area contributed by atoms with E-state index in [0.29, 0.717) is 10.1 Å². The van der Waals surface area contributed by atoms with Crippen LogP contribution in [0.5, 0.6) is 0 Å². The van der Waals surface area contributed by atoms with E-state index in [4.69, 9.17) is 0 Å². The fourth-order valence-corrected chi connectivity index (χ4v) is 1.40. The predicted octanol–water partition coefficient (Wildman–Crippen LogP) is 0.694. The Morgan fingerprint density at radius 3 is 2.40 bits per heavy atom. The van der Waals surface area contributed by atoms with Gasteiger partial charge in [-0.3, -0.25) is 14.5 Å². The van der Waals surface area contributed by atoms with E-state index in [2.05, 4.69) is 0 Å². The molecule has 0 spiro atoms. The van der Waals surface area contributed by atoms with Crippen molar-refractivity contribution in [1.82, 2.24) is 4.90 Å². The van der Waals surface area contributed by atoms with Gasteiger partial charge in [0.05, 0.1) is 4.55 Å². The Bertz CT molecular complexity index is 222. The molecule has 0 fully saturated rings. The third-order valence-electron chi connectivity index (χ3n) is 1.31. The van der Waals surface area contributed by atoms with Gasteiger partial charge in [-0.15, -0.1) is 0 Å². The van der Waals surface area contributed by atoms with E-state index in [1.54, 1.807) is 6.92 Å². The maximum absolute atomic E-state index is 11.0. The average Bonchev–Trinajstić information content (AvgIpc) is 2.09. The lowest BCUT2D eigenvalue weighted by Crippen LogP contribution is -2.28. The molecular weight excluding hydrogens is 243 g/mol. The summed E-state index contributed by atoms with van der Waals surface area (Å²) in [6.07, 6.45) is 1.36. The molecule has 54 valence electrons. The van der Waals surface area contributed by atoms with Crippen LogP contribution in [0.15, 0.2) is 11.6 Å². The Hall–Kier alpha value is -0.390. The largest absolute Gasteiger partial charge is 0.269 e. The molecule has 1 aliphatic rings. The lowest BCUT2D eigenvalue weighted by atomic mass is 10.3. The van der Waals surface area contributed by atoms with Crippen LogP contribution < -0.4 is 0 Å². The maximum Gasteiger partial charge on any atom is 0.257 e. The molecule has 0 radical (unpaired) electrons. The molecule has 0 bridgehead atoms. The zero-order valence-electron chi connectivity index (χ0n) is 5.43. The second-order valence-electron chi connectivity index (χ2n) is 2.02. The number of rotatable bonds is 1. The average molecular weight is 249 g/mol. The maximum atomic E-state index is 11.0. The molecule has 0 saturated heterocycles. The van der Waals surface area contributed by atoms with Crippen molar-refractivity contribution < 1.29 is 9.59 Å². The summed E-state index contributed by atoms with van der Waals surface area (Å²) in [5.74, 6) is -0.365. The summed E-state index contributed by atoms with van der Waals surface area (Å²) in [5, 5.41) is 0. The van der Waals surface area contributed by atoms with Gasteiger partial charge in [0.1, 0.15) is 0 Å². The first-order valence-electron chi connectivity index (χ1n) is 2.77. The second kappa shape index (κ2) is 2.69. The second-order valence-corrected chi connectivity index (χ2v) is 2.70. The van der Waals surface area contributed by atoms with E-state index in [-0.39, 0.29) is 11.8 Å². The van der Waals surface area contributed by atoms with Crippen molar-refractivity contribution in [3.8, 4) is 0 Å². The van der Waals surface area contributed by atoms with Gasteiger partial charge in [0.25, 0.3) is 11.8 Å². The number of halogens is 1. The van der Waals surface area contributed by atoms with Gasteiger partial charge in [-0.1, -0.05) is 22.6 Å². The summed E-state index contributed by atoms with van der Waals surface area (Å²) in [6, 6.07) is 0. The van der Waals surface area contributed by atoms with Crippen molar-refractivity contribution in [1.29, 1.82) is 0 Å². The summed E-state index contributed by atoms with van der Waals surface area (Å²) in [5.41, 5.74) is 0.529. The van der Waals surface area contributed by atoms with Crippen molar-refractivity contribution in [2.75, 3.05) is 4.55 Å². The first-order chi connectivity index (χ1) is 4.66. The lowest BCUT2D eigenvalue weighted by Gasteiger charge is -2.08. The van der Waals surface area contributed by atoms with Crippen LogP contribution in [0.4, 0.5) is 0 Å². The molecule has 4 heteroatoms. The summed E-state index contributed by atoms with van der Waals surface area (Å²) >= 11 is 1.98. The Labute approximate surface area is 72.2 Å². The Morgan fingerprint density at radius 1 is 1.60 bits per heavy atom. The van der Waals surface area contributed by atoms with Crippen LogP contribution in [0, 0.1) is 0 Å². The highest BCUT2D eigenvalue weighted by molar-refractivity contribution is 14.1. The summed E-state index contributed by atoms with van der Waals surface area (Å²) in [7, 11) is 0. The fourth-order valence-electron chi connectivity index (χ4n) is 0.751. The highest BCUT2D eigenvalue weighted by Gasteiger charge is 2.26. The lowest BCUT2D eigenvalue weighted by molar-refractivity contribution is -0.135. The van der Waals surface area contributed by atoms with E-state index in [9.17, 15) is 9.59 Å². The molecule has 0 aliphatic carbocycles. The molecule has 1 rings (SSSR count). The van der Waals surface area contributed by atoms with Crippen LogP contribution in [-0.2, 0) is 9.59 Å². The number of hydrogen-bond donors (Lipinski definition) is 0. The van der Waals surface area contributed by atoms with Gasteiger partial charge in [0.2, 0.25) is 0 Å². The van der Waals surface area contributed by atoms with Gasteiger partial charge in [-0.2, -0.15) is 0 Å². The van der Waals surface area contributed by atoms with Gasteiger partial charge < -0.3 is 0 Å². The van der Waals surface area contributed by atoms with Crippen molar-refractivity contribution in [2.45, 2.75) is 6.92 Å². The first-order valence-corrected chi connectivity index (χ1v) is 4.29. The molecule has 3 nitrogen and oxygen atoms in total. The van der Waals surface area contributed by atoms with Crippen molar-refractivity contribution in [3.05, 3.63) is 11.6 Å². The summed E-state index contributed by atoms with van der Waals surface area (Å²) in [6.45, 7) is 1.65. The molecule has 0 saturated carbocycles. The molecule has 10 heavy (non-hydrogen) atoms. The highest BCUT2D eigenvalue weighted by atomic mass is 125. The van der Waals surface area contributed by atoms with Crippen LogP contribution in [0.1, 0.15) is 6.92 Å². The van der Waals surface area contributed by atoms with Gasteiger partial charge in [-0.25, -0.2) is 0 Å². The van der Waals surface area contributed by atoms with E-state index < -0.39 is 0 Å². The number of hydrogen-bond acceptors (Lipinski definition) is 2. The van der Waals surface area contributed by atoms with Crippen molar-refractivity contribution >= 4 is 34.4 Å². The zero-order chi connectivity index (χ0) is 7.72. The molecule has 2 amide bonds.